The molecule has 0 fully saturated rings. The second-order valence-electron chi connectivity index (χ2n) is 5.18. The van der Waals surface area contributed by atoms with Crippen molar-refractivity contribution in [1.29, 1.82) is 0 Å². The summed E-state index contributed by atoms with van der Waals surface area (Å²) in [4.78, 5) is 25.9. The summed E-state index contributed by atoms with van der Waals surface area (Å²) in [7, 11) is 0. The molecule has 0 saturated heterocycles. The van der Waals surface area contributed by atoms with Gasteiger partial charge in [0.05, 0.1) is 13.0 Å². The predicted molar refractivity (Wildman–Crippen MR) is 83.2 cm³/mol. The Morgan fingerprint density at radius 1 is 1.29 bits per heavy atom. The van der Waals surface area contributed by atoms with Gasteiger partial charge in [0.2, 0.25) is 0 Å². The van der Waals surface area contributed by atoms with Crippen LogP contribution < -0.4 is 0 Å². The standard InChI is InChI=1S/C17H25NO3/c1-5-14(4)18(11-10-16(19)21-6-2)17(20)15-9-7-8-13(3)12-15/h7-9,12,14H,5-6,10-11H2,1-4H3. The molecule has 0 saturated carbocycles. The Morgan fingerprint density at radius 2 is 2.00 bits per heavy atom. The summed E-state index contributed by atoms with van der Waals surface area (Å²) in [6, 6.07) is 7.62. The number of aryl methyl sites for hydroxylation is 1. The number of carbonyl (C=O) groups is 2. The highest BCUT2D eigenvalue weighted by Crippen LogP contribution is 2.13. The molecule has 0 heterocycles. The van der Waals surface area contributed by atoms with Crippen LogP contribution in [0.25, 0.3) is 0 Å². The topological polar surface area (TPSA) is 46.6 Å². The third-order valence-corrected chi connectivity index (χ3v) is 3.51. The summed E-state index contributed by atoms with van der Waals surface area (Å²) in [5, 5.41) is 0. The number of rotatable bonds is 7. The molecule has 0 bridgehead atoms. The number of hydrogen-bond acceptors (Lipinski definition) is 3. The first-order chi connectivity index (χ1) is 9.99. The fraction of sp³-hybridized carbons (Fsp3) is 0.529. The van der Waals surface area contributed by atoms with Crippen molar-refractivity contribution in [2.75, 3.05) is 13.2 Å². The number of amides is 1. The molecule has 0 aliphatic rings. The lowest BCUT2D eigenvalue weighted by atomic mass is 10.1. The van der Waals surface area contributed by atoms with Gasteiger partial charge in [0.15, 0.2) is 0 Å². The number of carbonyl (C=O) groups excluding carboxylic acids is 2. The van der Waals surface area contributed by atoms with Crippen molar-refractivity contribution in [2.24, 2.45) is 0 Å². The molecular formula is C17H25NO3. The molecule has 0 aliphatic carbocycles. The largest absolute Gasteiger partial charge is 0.466 e. The van der Waals surface area contributed by atoms with Crippen molar-refractivity contribution in [2.45, 2.75) is 46.6 Å². The van der Waals surface area contributed by atoms with Crippen LogP contribution in [0.2, 0.25) is 0 Å². The molecule has 0 aromatic heterocycles. The van der Waals surface area contributed by atoms with Crippen molar-refractivity contribution >= 4 is 11.9 Å². The van der Waals surface area contributed by atoms with Crippen molar-refractivity contribution in [1.82, 2.24) is 4.90 Å². The van der Waals surface area contributed by atoms with Gasteiger partial charge in [-0.25, -0.2) is 0 Å². The van der Waals surface area contributed by atoms with Crippen LogP contribution in [0.1, 0.15) is 49.5 Å². The first kappa shape index (κ1) is 17.2. The quantitative estimate of drug-likeness (QED) is 0.725. The van der Waals surface area contributed by atoms with E-state index in [9.17, 15) is 9.59 Å². The molecule has 0 aliphatic heterocycles. The maximum atomic E-state index is 12.6. The first-order valence-electron chi connectivity index (χ1n) is 7.52. The summed E-state index contributed by atoms with van der Waals surface area (Å²) in [6.45, 7) is 8.53. The Morgan fingerprint density at radius 3 is 2.57 bits per heavy atom. The Balaban J connectivity index is 2.82. The molecule has 4 heteroatoms. The van der Waals surface area contributed by atoms with E-state index in [1.807, 2.05) is 45.0 Å². The van der Waals surface area contributed by atoms with Crippen LogP contribution in [0.4, 0.5) is 0 Å². The Kier molecular flexibility index (Phi) is 6.92. The van der Waals surface area contributed by atoms with Crippen LogP contribution >= 0.6 is 0 Å². The van der Waals surface area contributed by atoms with Crippen molar-refractivity contribution < 1.29 is 14.3 Å². The fourth-order valence-corrected chi connectivity index (χ4v) is 2.13. The summed E-state index contributed by atoms with van der Waals surface area (Å²) in [5.41, 5.74) is 1.72. The highest BCUT2D eigenvalue weighted by molar-refractivity contribution is 5.94. The molecule has 4 nitrogen and oxygen atoms in total. The van der Waals surface area contributed by atoms with Crippen LogP contribution in [0.5, 0.6) is 0 Å². The molecule has 21 heavy (non-hydrogen) atoms. The van der Waals surface area contributed by atoms with Gasteiger partial charge in [0, 0.05) is 18.2 Å². The number of benzene rings is 1. The summed E-state index contributed by atoms with van der Waals surface area (Å²) < 4.78 is 4.93. The third-order valence-electron chi connectivity index (χ3n) is 3.51. The van der Waals surface area contributed by atoms with Gasteiger partial charge in [-0.15, -0.1) is 0 Å². The number of nitrogens with zero attached hydrogens (tertiary/aromatic N) is 1. The molecule has 1 unspecified atom stereocenters. The van der Waals surface area contributed by atoms with Crippen molar-refractivity contribution in [3.63, 3.8) is 0 Å². The van der Waals surface area contributed by atoms with Gasteiger partial charge < -0.3 is 9.64 Å². The minimum absolute atomic E-state index is 0.0302. The smallest absolute Gasteiger partial charge is 0.307 e. The minimum Gasteiger partial charge on any atom is -0.466 e. The van der Waals surface area contributed by atoms with E-state index in [-0.39, 0.29) is 24.3 Å². The summed E-state index contributed by atoms with van der Waals surface area (Å²) in [5.74, 6) is -0.291. The maximum absolute atomic E-state index is 12.6. The third kappa shape index (κ3) is 5.21. The van der Waals surface area contributed by atoms with Crippen LogP contribution in [0.15, 0.2) is 24.3 Å². The Bertz CT molecular complexity index is 485. The molecule has 1 aromatic carbocycles. The molecule has 116 valence electrons. The highest BCUT2D eigenvalue weighted by atomic mass is 16.5. The van der Waals surface area contributed by atoms with E-state index in [0.717, 1.165) is 12.0 Å². The van der Waals surface area contributed by atoms with E-state index in [0.29, 0.717) is 18.7 Å². The van der Waals surface area contributed by atoms with Gasteiger partial charge in [-0.3, -0.25) is 9.59 Å². The zero-order valence-electron chi connectivity index (χ0n) is 13.4. The van der Waals surface area contributed by atoms with E-state index in [1.165, 1.54) is 0 Å². The van der Waals surface area contributed by atoms with Gasteiger partial charge >= 0.3 is 5.97 Å². The SMILES string of the molecule is CCOC(=O)CCN(C(=O)c1cccc(C)c1)C(C)CC. The molecule has 0 spiro atoms. The Labute approximate surface area is 127 Å². The van der Waals surface area contributed by atoms with Gasteiger partial charge in [-0.1, -0.05) is 24.6 Å². The lowest BCUT2D eigenvalue weighted by molar-refractivity contribution is -0.143. The first-order valence-corrected chi connectivity index (χ1v) is 7.52. The van der Waals surface area contributed by atoms with Crippen LogP contribution in [0, 0.1) is 6.92 Å². The van der Waals surface area contributed by atoms with E-state index < -0.39 is 0 Å². The second kappa shape index (κ2) is 8.45. The molecular weight excluding hydrogens is 266 g/mol. The highest BCUT2D eigenvalue weighted by Gasteiger charge is 2.21. The Hall–Kier alpha value is -1.84. The molecule has 1 amide bonds. The summed E-state index contributed by atoms with van der Waals surface area (Å²) in [6.07, 6.45) is 1.08. The van der Waals surface area contributed by atoms with E-state index in [2.05, 4.69) is 0 Å². The molecule has 0 radical (unpaired) electrons. The molecule has 1 aromatic rings. The van der Waals surface area contributed by atoms with Crippen LogP contribution in [-0.4, -0.2) is 36.0 Å². The number of hydrogen-bond donors (Lipinski definition) is 0. The van der Waals surface area contributed by atoms with Crippen LogP contribution in [0.3, 0.4) is 0 Å². The molecule has 1 atom stereocenters. The molecule has 0 N–H and O–H groups in total. The zero-order valence-corrected chi connectivity index (χ0v) is 13.4. The normalized spacial score (nSPS) is 11.8. The average Bonchev–Trinajstić information content (AvgIpc) is 2.47. The van der Waals surface area contributed by atoms with E-state index in [1.54, 1.807) is 11.8 Å². The van der Waals surface area contributed by atoms with Crippen LogP contribution in [-0.2, 0) is 9.53 Å². The van der Waals surface area contributed by atoms with Gasteiger partial charge in [-0.05, 0) is 39.3 Å². The van der Waals surface area contributed by atoms with E-state index >= 15 is 0 Å². The van der Waals surface area contributed by atoms with Gasteiger partial charge in [0.1, 0.15) is 0 Å². The number of ether oxygens (including phenoxy) is 1. The maximum Gasteiger partial charge on any atom is 0.307 e. The minimum atomic E-state index is -0.261. The average molecular weight is 291 g/mol. The van der Waals surface area contributed by atoms with Crippen molar-refractivity contribution in [3.8, 4) is 0 Å². The lowest BCUT2D eigenvalue weighted by Crippen LogP contribution is -2.40. The summed E-state index contributed by atoms with van der Waals surface area (Å²) >= 11 is 0. The fourth-order valence-electron chi connectivity index (χ4n) is 2.13. The zero-order chi connectivity index (χ0) is 15.8. The monoisotopic (exact) mass is 291 g/mol. The van der Waals surface area contributed by atoms with Gasteiger partial charge in [-0.2, -0.15) is 0 Å². The van der Waals surface area contributed by atoms with Gasteiger partial charge in [0.25, 0.3) is 5.91 Å². The lowest BCUT2D eigenvalue weighted by Gasteiger charge is -2.28. The van der Waals surface area contributed by atoms with Crippen molar-refractivity contribution in [3.05, 3.63) is 35.4 Å². The number of esters is 1. The molecule has 1 rings (SSSR count). The second-order valence-corrected chi connectivity index (χ2v) is 5.18. The van der Waals surface area contributed by atoms with E-state index in [4.69, 9.17) is 4.74 Å². The predicted octanol–water partition coefficient (Wildman–Crippen LogP) is 3.19.